The minimum Gasteiger partial charge on any atom is -0.354 e. The first kappa shape index (κ1) is 20.7. The van der Waals surface area contributed by atoms with E-state index in [0.29, 0.717) is 28.2 Å². The van der Waals surface area contributed by atoms with Gasteiger partial charge in [0.15, 0.2) is 0 Å². The van der Waals surface area contributed by atoms with Crippen LogP contribution in [0.15, 0.2) is 72.8 Å². The normalized spacial score (nSPS) is 14.6. The maximum atomic E-state index is 13.0. The van der Waals surface area contributed by atoms with E-state index in [4.69, 9.17) is 0 Å². The fraction of sp³-hybridized carbons (Fsp3) is 0.125. The Hall–Kier alpha value is -3.58. The Morgan fingerprint density at radius 2 is 1.61 bits per heavy atom. The van der Waals surface area contributed by atoms with Crippen molar-refractivity contribution in [3.8, 4) is 0 Å². The van der Waals surface area contributed by atoms with E-state index in [2.05, 4.69) is 15.4 Å². The number of benzene rings is 3. The topological polar surface area (TPSA) is 87.3 Å². The van der Waals surface area contributed by atoms with Gasteiger partial charge in [-0.1, -0.05) is 48.0 Å². The van der Waals surface area contributed by atoms with Crippen molar-refractivity contribution in [2.24, 2.45) is 0 Å². The third-order valence-electron chi connectivity index (χ3n) is 5.05. The summed E-state index contributed by atoms with van der Waals surface area (Å²) in [5, 5.41) is 6.28. The largest absolute Gasteiger partial charge is 0.354 e. The number of carbonyl (C=O) groups excluding carboxylic acids is 1. The zero-order chi connectivity index (χ0) is 22.0. The molecule has 7 heteroatoms. The third kappa shape index (κ3) is 4.46. The standard InChI is InChI=1S/C24H23N3O3S/c1-3-31(29,30)27-19-13-14-21-20(15-19)22(24(28)26-21)23(17-7-5-4-6-8-17)25-18-11-9-16(2)10-12-18/h4-15,25,27H,3H2,1-2H3,(H,26,28). The molecule has 6 nitrogen and oxygen atoms in total. The molecule has 3 aromatic rings. The summed E-state index contributed by atoms with van der Waals surface area (Å²) in [4.78, 5) is 13.0. The Bertz CT molecular complexity index is 1270. The summed E-state index contributed by atoms with van der Waals surface area (Å²) in [5.74, 6) is -0.280. The first-order valence-corrected chi connectivity index (χ1v) is 11.6. The summed E-state index contributed by atoms with van der Waals surface area (Å²) >= 11 is 0. The smallest absolute Gasteiger partial charge is 0.258 e. The minimum absolute atomic E-state index is 0.0335. The van der Waals surface area contributed by atoms with Crippen LogP contribution in [0.25, 0.3) is 11.3 Å². The molecule has 0 aliphatic carbocycles. The van der Waals surface area contributed by atoms with Crippen molar-refractivity contribution in [1.29, 1.82) is 0 Å². The molecule has 31 heavy (non-hydrogen) atoms. The molecule has 0 unspecified atom stereocenters. The van der Waals surface area contributed by atoms with Gasteiger partial charge in [0.25, 0.3) is 5.91 Å². The van der Waals surface area contributed by atoms with Gasteiger partial charge in [-0.25, -0.2) is 8.42 Å². The maximum Gasteiger partial charge on any atom is 0.258 e. The van der Waals surface area contributed by atoms with Gasteiger partial charge in [0, 0.05) is 22.6 Å². The van der Waals surface area contributed by atoms with Gasteiger partial charge in [-0.3, -0.25) is 9.52 Å². The van der Waals surface area contributed by atoms with Crippen LogP contribution in [-0.4, -0.2) is 20.1 Å². The van der Waals surface area contributed by atoms with Gasteiger partial charge in [0.2, 0.25) is 10.0 Å². The number of hydrogen-bond acceptors (Lipinski definition) is 4. The van der Waals surface area contributed by atoms with Crippen molar-refractivity contribution < 1.29 is 13.2 Å². The molecule has 0 aromatic heterocycles. The lowest BCUT2D eigenvalue weighted by Crippen LogP contribution is -2.14. The van der Waals surface area contributed by atoms with Crippen molar-refractivity contribution in [2.45, 2.75) is 13.8 Å². The summed E-state index contributed by atoms with van der Waals surface area (Å²) in [6.07, 6.45) is 0. The van der Waals surface area contributed by atoms with Crippen molar-refractivity contribution in [2.75, 3.05) is 21.1 Å². The molecule has 0 atom stereocenters. The lowest BCUT2D eigenvalue weighted by atomic mass is 9.99. The van der Waals surface area contributed by atoms with E-state index in [-0.39, 0.29) is 11.7 Å². The first-order valence-electron chi connectivity index (χ1n) is 9.96. The summed E-state index contributed by atoms with van der Waals surface area (Å²) in [6.45, 7) is 3.59. The Balaban J connectivity index is 1.86. The fourth-order valence-electron chi connectivity index (χ4n) is 3.40. The second-order valence-electron chi connectivity index (χ2n) is 7.33. The zero-order valence-corrected chi connectivity index (χ0v) is 18.1. The van der Waals surface area contributed by atoms with Gasteiger partial charge in [-0.05, 0) is 49.7 Å². The van der Waals surface area contributed by atoms with Crippen LogP contribution in [-0.2, 0) is 14.8 Å². The Labute approximate surface area is 182 Å². The molecule has 0 fully saturated rings. The SMILES string of the molecule is CCS(=O)(=O)Nc1ccc2c(c1)C(=C(Nc1ccc(C)cc1)c1ccccc1)C(=O)N2. The lowest BCUT2D eigenvalue weighted by Gasteiger charge is -2.15. The summed E-state index contributed by atoms with van der Waals surface area (Å²) in [6, 6.07) is 22.5. The van der Waals surface area contributed by atoms with Gasteiger partial charge in [0.05, 0.1) is 17.0 Å². The van der Waals surface area contributed by atoms with Crippen LogP contribution in [0.2, 0.25) is 0 Å². The molecule has 1 aliphatic rings. The predicted octanol–water partition coefficient (Wildman–Crippen LogP) is 4.69. The molecule has 1 aliphatic heterocycles. The molecule has 158 valence electrons. The highest BCUT2D eigenvalue weighted by Crippen LogP contribution is 2.39. The zero-order valence-electron chi connectivity index (χ0n) is 17.3. The van der Waals surface area contributed by atoms with Gasteiger partial charge >= 0.3 is 0 Å². The average Bonchev–Trinajstić information content (AvgIpc) is 3.08. The molecule has 3 N–H and O–H groups in total. The van der Waals surface area contributed by atoms with Gasteiger partial charge in [0.1, 0.15) is 0 Å². The molecule has 0 saturated heterocycles. The highest BCUT2D eigenvalue weighted by molar-refractivity contribution is 7.92. The second-order valence-corrected chi connectivity index (χ2v) is 9.34. The Kier molecular flexibility index (Phi) is 5.52. The van der Waals surface area contributed by atoms with Crippen LogP contribution in [0.5, 0.6) is 0 Å². The van der Waals surface area contributed by atoms with E-state index in [1.54, 1.807) is 25.1 Å². The van der Waals surface area contributed by atoms with Crippen molar-refractivity contribution in [3.05, 3.63) is 89.5 Å². The quantitative estimate of drug-likeness (QED) is 0.492. The molecule has 3 aromatic carbocycles. The van der Waals surface area contributed by atoms with Crippen molar-refractivity contribution in [1.82, 2.24) is 0 Å². The van der Waals surface area contributed by atoms with Gasteiger partial charge in [-0.2, -0.15) is 0 Å². The molecule has 0 bridgehead atoms. The lowest BCUT2D eigenvalue weighted by molar-refractivity contribution is -0.110. The number of nitrogens with one attached hydrogen (secondary N) is 3. The molecular formula is C24H23N3O3S. The number of carbonyl (C=O) groups is 1. The number of rotatable bonds is 6. The van der Waals surface area contributed by atoms with E-state index in [0.717, 1.165) is 16.8 Å². The van der Waals surface area contributed by atoms with Gasteiger partial charge in [-0.15, -0.1) is 0 Å². The third-order valence-corrected chi connectivity index (χ3v) is 6.36. The second kappa shape index (κ2) is 8.28. The minimum atomic E-state index is -3.43. The van der Waals surface area contributed by atoms with Crippen molar-refractivity contribution in [3.63, 3.8) is 0 Å². The first-order chi connectivity index (χ1) is 14.9. The predicted molar refractivity (Wildman–Crippen MR) is 126 cm³/mol. The van der Waals surface area contributed by atoms with E-state index in [9.17, 15) is 13.2 Å². The van der Waals surface area contributed by atoms with Gasteiger partial charge < -0.3 is 10.6 Å². The number of hydrogen-bond donors (Lipinski definition) is 3. The van der Waals surface area contributed by atoms with E-state index in [1.165, 1.54) is 0 Å². The molecule has 0 radical (unpaired) electrons. The van der Waals surface area contributed by atoms with E-state index >= 15 is 0 Å². The van der Waals surface area contributed by atoms with Crippen molar-refractivity contribution >= 4 is 44.3 Å². The molecule has 4 rings (SSSR count). The molecule has 0 spiro atoms. The van der Waals surface area contributed by atoms with Crippen LogP contribution in [0.1, 0.15) is 23.6 Å². The number of anilines is 3. The van der Waals surface area contributed by atoms with Crippen LogP contribution in [0, 0.1) is 6.92 Å². The van der Waals surface area contributed by atoms with E-state index in [1.807, 2.05) is 61.5 Å². The Morgan fingerprint density at radius 3 is 2.29 bits per heavy atom. The number of fused-ring (bicyclic) bond motifs is 1. The number of amides is 1. The Morgan fingerprint density at radius 1 is 0.935 bits per heavy atom. The highest BCUT2D eigenvalue weighted by Gasteiger charge is 2.29. The van der Waals surface area contributed by atoms with Crippen LogP contribution in [0.4, 0.5) is 17.1 Å². The maximum absolute atomic E-state index is 13.0. The van der Waals surface area contributed by atoms with Crippen LogP contribution >= 0.6 is 0 Å². The molecule has 1 amide bonds. The van der Waals surface area contributed by atoms with Crippen LogP contribution < -0.4 is 15.4 Å². The molecular weight excluding hydrogens is 410 g/mol. The average molecular weight is 434 g/mol. The molecule has 1 heterocycles. The highest BCUT2D eigenvalue weighted by atomic mass is 32.2. The number of aryl methyl sites for hydroxylation is 1. The molecule has 0 saturated carbocycles. The summed E-state index contributed by atoms with van der Waals surface area (Å²) < 4.78 is 26.6. The summed E-state index contributed by atoms with van der Waals surface area (Å²) in [5.41, 5.74) is 5.63. The van der Waals surface area contributed by atoms with E-state index < -0.39 is 10.0 Å². The summed E-state index contributed by atoms with van der Waals surface area (Å²) in [7, 11) is -3.43. The number of sulfonamides is 1. The fourth-order valence-corrected chi connectivity index (χ4v) is 4.03. The monoisotopic (exact) mass is 433 g/mol. The van der Waals surface area contributed by atoms with Crippen LogP contribution in [0.3, 0.4) is 0 Å².